The summed E-state index contributed by atoms with van der Waals surface area (Å²) in [4.78, 5) is 7.90. The van der Waals surface area contributed by atoms with Crippen molar-refractivity contribution in [2.24, 2.45) is 0 Å². The molecule has 6 heteroatoms. The zero-order chi connectivity index (χ0) is 10.7. The van der Waals surface area contributed by atoms with Crippen LogP contribution in [0.2, 0.25) is 5.15 Å². The highest BCUT2D eigenvalue weighted by molar-refractivity contribution is 6.29. The molecule has 2 rings (SSSR count). The zero-order valence-corrected chi connectivity index (χ0v) is 8.68. The van der Waals surface area contributed by atoms with Crippen LogP contribution in [0.3, 0.4) is 0 Å². The molecule has 0 radical (unpaired) electrons. The average molecular weight is 225 g/mol. The molecule has 0 atom stereocenters. The maximum Gasteiger partial charge on any atom is 0.256 e. The molecule has 2 aromatic rings. The molecular formula is C9H9ClN4O. The van der Waals surface area contributed by atoms with E-state index < -0.39 is 0 Å². The van der Waals surface area contributed by atoms with E-state index in [-0.39, 0.29) is 0 Å². The molecule has 78 valence electrons. The molecule has 15 heavy (non-hydrogen) atoms. The van der Waals surface area contributed by atoms with E-state index in [0.717, 1.165) is 6.42 Å². The highest BCUT2D eigenvalue weighted by atomic mass is 35.5. The molecule has 0 aliphatic heterocycles. The minimum atomic E-state index is 0.337. The number of rotatable bonds is 4. The minimum Gasteiger partial charge on any atom is -0.477 e. The van der Waals surface area contributed by atoms with Gasteiger partial charge in [-0.3, -0.25) is 0 Å². The van der Waals surface area contributed by atoms with E-state index in [1.807, 2.05) is 0 Å². The number of fused-ring (bicyclic) bond motifs is 1. The van der Waals surface area contributed by atoms with E-state index in [1.165, 1.54) is 10.8 Å². The number of aromatic nitrogens is 4. The summed E-state index contributed by atoms with van der Waals surface area (Å²) in [6, 6.07) is 1.60. The van der Waals surface area contributed by atoms with E-state index in [9.17, 15) is 0 Å². The Kier molecular flexibility index (Phi) is 2.82. The van der Waals surface area contributed by atoms with Gasteiger partial charge < -0.3 is 4.74 Å². The van der Waals surface area contributed by atoms with E-state index in [2.05, 4.69) is 21.6 Å². The summed E-state index contributed by atoms with van der Waals surface area (Å²) in [5.74, 6) is 0.959. The smallest absolute Gasteiger partial charge is 0.256 e. The normalized spacial score (nSPS) is 10.5. The number of nitrogens with zero attached hydrogens (tertiary/aromatic N) is 4. The lowest BCUT2D eigenvalue weighted by molar-refractivity contribution is 0.303. The topological polar surface area (TPSA) is 52.3 Å². The van der Waals surface area contributed by atoms with Gasteiger partial charge in [-0.1, -0.05) is 17.7 Å². The number of hydrogen-bond donors (Lipinski definition) is 0. The van der Waals surface area contributed by atoms with Gasteiger partial charge in [-0.25, -0.2) is 0 Å². The molecular weight excluding hydrogens is 216 g/mol. The third kappa shape index (κ3) is 2.07. The largest absolute Gasteiger partial charge is 0.477 e. The Hall–Kier alpha value is -1.62. The van der Waals surface area contributed by atoms with E-state index >= 15 is 0 Å². The highest BCUT2D eigenvalue weighted by Gasteiger charge is 2.06. The van der Waals surface area contributed by atoms with Gasteiger partial charge in [0.1, 0.15) is 11.5 Å². The van der Waals surface area contributed by atoms with Crippen molar-refractivity contribution in [2.75, 3.05) is 6.61 Å². The van der Waals surface area contributed by atoms with Gasteiger partial charge in [0.25, 0.3) is 5.78 Å². The fourth-order valence-corrected chi connectivity index (χ4v) is 1.28. The van der Waals surface area contributed by atoms with Crippen LogP contribution in [-0.4, -0.2) is 26.2 Å². The maximum absolute atomic E-state index is 5.80. The molecule has 0 bridgehead atoms. The van der Waals surface area contributed by atoms with Gasteiger partial charge in [0, 0.05) is 6.07 Å². The first-order chi connectivity index (χ1) is 7.31. The van der Waals surface area contributed by atoms with Crippen LogP contribution in [0.1, 0.15) is 6.42 Å². The zero-order valence-electron chi connectivity index (χ0n) is 7.93. The van der Waals surface area contributed by atoms with Crippen molar-refractivity contribution < 1.29 is 4.74 Å². The Labute approximate surface area is 91.4 Å². The summed E-state index contributed by atoms with van der Waals surface area (Å²) in [5, 5.41) is 4.31. The van der Waals surface area contributed by atoms with Crippen molar-refractivity contribution in [3.8, 4) is 5.88 Å². The summed E-state index contributed by atoms with van der Waals surface area (Å²) < 4.78 is 6.96. The van der Waals surface area contributed by atoms with Gasteiger partial charge in [-0.05, 0) is 6.42 Å². The first-order valence-corrected chi connectivity index (χ1v) is 4.79. The first kappa shape index (κ1) is 9.92. The molecule has 5 nitrogen and oxygen atoms in total. The molecule has 0 aromatic carbocycles. The molecule has 0 N–H and O–H groups in total. The molecule has 0 saturated carbocycles. The van der Waals surface area contributed by atoms with Gasteiger partial charge >= 0.3 is 0 Å². The standard InChI is InChI=1S/C9H9ClN4O/c1-2-3-4-15-8-5-7(10)13-9-11-6-12-14(8)9/h2,5-6H,1,3-4H2. The Morgan fingerprint density at radius 3 is 3.27 bits per heavy atom. The van der Waals surface area contributed by atoms with Crippen molar-refractivity contribution in [1.82, 2.24) is 19.6 Å². The molecule has 2 heterocycles. The molecule has 2 aromatic heterocycles. The van der Waals surface area contributed by atoms with Crippen molar-refractivity contribution in [2.45, 2.75) is 6.42 Å². The number of ether oxygens (including phenoxy) is 1. The Morgan fingerprint density at radius 2 is 2.47 bits per heavy atom. The minimum absolute atomic E-state index is 0.337. The fraction of sp³-hybridized carbons (Fsp3) is 0.222. The third-order valence-electron chi connectivity index (χ3n) is 1.76. The molecule has 0 aliphatic rings. The van der Waals surface area contributed by atoms with Gasteiger partial charge in [0.05, 0.1) is 6.61 Å². The van der Waals surface area contributed by atoms with Gasteiger partial charge in [-0.15, -0.1) is 6.58 Å². The lowest BCUT2D eigenvalue weighted by Gasteiger charge is -2.05. The molecule has 0 spiro atoms. The Bertz CT molecular complexity index is 482. The van der Waals surface area contributed by atoms with E-state index in [0.29, 0.717) is 23.4 Å². The molecule has 0 saturated heterocycles. The van der Waals surface area contributed by atoms with Gasteiger partial charge in [0.15, 0.2) is 0 Å². The summed E-state index contributed by atoms with van der Waals surface area (Å²) in [6.07, 6.45) is 3.94. The second kappa shape index (κ2) is 4.27. The van der Waals surface area contributed by atoms with Gasteiger partial charge in [0.2, 0.25) is 5.88 Å². The highest BCUT2D eigenvalue weighted by Crippen LogP contribution is 2.16. The first-order valence-electron chi connectivity index (χ1n) is 4.41. The molecule has 0 aliphatic carbocycles. The predicted octanol–water partition coefficient (Wildman–Crippen LogP) is 1.73. The van der Waals surface area contributed by atoms with Crippen LogP contribution in [0.5, 0.6) is 5.88 Å². The number of hydrogen-bond acceptors (Lipinski definition) is 4. The van der Waals surface area contributed by atoms with Crippen LogP contribution in [-0.2, 0) is 0 Å². The van der Waals surface area contributed by atoms with Crippen molar-refractivity contribution in [3.63, 3.8) is 0 Å². The lowest BCUT2D eigenvalue weighted by atomic mass is 10.4. The Balaban J connectivity index is 2.31. The van der Waals surface area contributed by atoms with Crippen LogP contribution in [0.15, 0.2) is 25.0 Å². The molecule has 0 unspecified atom stereocenters. The average Bonchev–Trinajstić information content (AvgIpc) is 2.65. The van der Waals surface area contributed by atoms with Crippen molar-refractivity contribution in [1.29, 1.82) is 0 Å². The fourth-order valence-electron chi connectivity index (χ4n) is 1.11. The van der Waals surface area contributed by atoms with Crippen LogP contribution in [0.4, 0.5) is 0 Å². The predicted molar refractivity (Wildman–Crippen MR) is 56.1 cm³/mol. The molecule has 0 fully saturated rings. The van der Waals surface area contributed by atoms with Crippen molar-refractivity contribution >= 4 is 17.4 Å². The molecule has 0 amide bonds. The van der Waals surface area contributed by atoms with Crippen LogP contribution < -0.4 is 4.74 Å². The van der Waals surface area contributed by atoms with E-state index in [1.54, 1.807) is 12.1 Å². The summed E-state index contributed by atoms with van der Waals surface area (Å²) in [6.45, 7) is 4.14. The van der Waals surface area contributed by atoms with E-state index in [4.69, 9.17) is 16.3 Å². The van der Waals surface area contributed by atoms with Crippen LogP contribution >= 0.6 is 11.6 Å². The van der Waals surface area contributed by atoms with Crippen molar-refractivity contribution in [3.05, 3.63) is 30.2 Å². The second-order valence-corrected chi connectivity index (χ2v) is 3.20. The quantitative estimate of drug-likeness (QED) is 0.451. The monoisotopic (exact) mass is 224 g/mol. The summed E-state index contributed by atoms with van der Waals surface area (Å²) in [5.41, 5.74) is 0. The van der Waals surface area contributed by atoms with Crippen LogP contribution in [0, 0.1) is 0 Å². The maximum atomic E-state index is 5.80. The van der Waals surface area contributed by atoms with Gasteiger partial charge in [-0.2, -0.15) is 19.6 Å². The summed E-state index contributed by atoms with van der Waals surface area (Å²) >= 11 is 5.80. The summed E-state index contributed by atoms with van der Waals surface area (Å²) in [7, 11) is 0. The van der Waals surface area contributed by atoms with Crippen LogP contribution in [0.25, 0.3) is 5.78 Å². The number of halogens is 1. The lowest BCUT2D eigenvalue weighted by Crippen LogP contribution is -2.03. The Morgan fingerprint density at radius 1 is 1.60 bits per heavy atom. The SMILES string of the molecule is C=CCCOc1cc(Cl)nc2ncnn12. The third-order valence-corrected chi connectivity index (χ3v) is 1.95. The second-order valence-electron chi connectivity index (χ2n) is 2.81.